The highest BCUT2D eigenvalue weighted by molar-refractivity contribution is 5.91. The minimum Gasteiger partial charge on any atom is -0.462 e. The number of fused-ring (bicyclic) bond motifs is 2. The number of aromatic nitrogens is 3. The molecule has 0 bridgehead atoms. The zero-order valence-electron chi connectivity index (χ0n) is 27.9. The number of carbonyl (C=O) groups is 1. The number of nitrogens with zero attached hydrogens (tertiary/aromatic N) is 7. The van der Waals surface area contributed by atoms with Crippen LogP contribution in [0.15, 0.2) is 42.6 Å². The van der Waals surface area contributed by atoms with Crippen molar-refractivity contribution in [2.24, 2.45) is 0 Å². The minimum atomic E-state index is -0.501. The SMILES string of the molecule is COC/C=C/C(=O)N1CCN(c2nc(OC[C@@H]3C[C@@H](OC)CN3C)nc3c(F)c(C4CC=Cc5cccc(C)c54)ncc23)C[C@@H]1CC#N. The molecule has 1 aromatic carbocycles. The second-order valence-corrected chi connectivity index (χ2v) is 12.7. The lowest BCUT2D eigenvalue weighted by Gasteiger charge is -2.41. The van der Waals surface area contributed by atoms with E-state index in [9.17, 15) is 10.1 Å². The minimum absolute atomic E-state index is 0.0702. The largest absolute Gasteiger partial charge is 0.462 e. The van der Waals surface area contributed by atoms with E-state index in [1.807, 2.05) is 37.1 Å². The van der Waals surface area contributed by atoms with Gasteiger partial charge in [0.1, 0.15) is 17.9 Å². The molecule has 0 N–H and O–H groups in total. The summed E-state index contributed by atoms with van der Waals surface area (Å²) in [4.78, 5) is 33.1. The molecule has 12 heteroatoms. The van der Waals surface area contributed by atoms with Crippen LogP contribution in [0.5, 0.6) is 6.01 Å². The number of likely N-dealkylation sites (N-methyl/N-ethyl adjacent to an activating group) is 1. The average molecular weight is 656 g/mol. The van der Waals surface area contributed by atoms with Gasteiger partial charge in [-0.15, -0.1) is 0 Å². The molecule has 2 aliphatic heterocycles. The van der Waals surface area contributed by atoms with E-state index in [4.69, 9.17) is 24.2 Å². The third-order valence-electron chi connectivity index (χ3n) is 9.68. The van der Waals surface area contributed by atoms with Crippen LogP contribution in [0.25, 0.3) is 17.0 Å². The Hall–Kier alpha value is -4.44. The van der Waals surface area contributed by atoms with Gasteiger partial charge in [0.25, 0.3) is 0 Å². The Morgan fingerprint density at radius 1 is 1.19 bits per heavy atom. The highest BCUT2D eigenvalue weighted by atomic mass is 19.1. The molecule has 11 nitrogen and oxygen atoms in total. The summed E-state index contributed by atoms with van der Waals surface area (Å²) in [5.74, 6) is -0.489. The molecule has 0 saturated carbocycles. The van der Waals surface area contributed by atoms with Gasteiger partial charge in [-0.25, -0.2) is 4.39 Å². The lowest BCUT2D eigenvalue weighted by Crippen LogP contribution is -2.55. The summed E-state index contributed by atoms with van der Waals surface area (Å²) in [6.07, 6.45) is 10.6. The number of ether oxygens (including phenoxy) is 3. The number of anilines is 1. The number of methoxy groups -OCH3 is 2. The van der Waals surface area contributed by atoms with Crippen molar-refractivity contribution in [1.82, 2.24) is 24.8 Å². The second kappa shape index (κ2) is 14.8. The van der Waals surface area contributed by atoms with Gasteiger partial charge in [0.05, 0.1) is 42.3 Å². The number of hydrogen-bond donors (Lipinski definition) is 0. The first-order valence-electron chi connectivity index (χ1n) is 16.4. The summed E-state index contributed by atoms with van der Waals surface area (Å²) in [6.45, 7) is 4.56. The Balaban J connectivity index is 1.38. The molecule has 1 aliphatic carbocycles. The number of pyridine rings is 1. The molecule has 48 heavy (non-hydrogen) atoms. The van der Waals surface area contributed by atoms with Crippen LogP contribution in [-0.2, 0) is 14.3 Å². The standard InChI is InChI=1S/C36H42FN7O4/c1-23-8-5-9-24-10-6-11-28(31(23)24)33-32(37)34-29(19-39-33)35(41-36(40-34)48-22-26-18-27(47-4)21-42(26)2)43-15-16-44(25(20-43)13-14-38)30(45)12-7-17-46-3/h5-10,12,19,25-28H,11,13,15-18,20-22H2,1-4H3/b12-7+/t25-,26-,27+,28?/m0/s1. The van der Waals surface area contributed by atoms with Crippen LogP contribution in [0.4, 0.5) is 10.2 Å². The van der Waals surface area contributed by atoms with E-state index in [1.54, 1.807) is 31.4 Å². The van der Waals surface area contributed by atoms with Gasteiger partial charge in [-0.05, 0) is 43.5 Å². The summed E-state index contributed by atoms with van der Waals surface area (Å²) in [6, 6.07) is 8.07. The van der Waals surface area contributed by atoms with Crippen molar-refractivity contribution in [3.63, 3.8) is 0 Å². The Kier molecular flexibility index (Phi) is 10.3. The van der Waals surface area contributed by atoms with Crippen LogP contribution in [0.3, 0.4) is 0 Å². The zero-order valence-corrected chi connectivity index (χ0v) is 27.9. The summed E-state index contributed by atoms with van der Waals surface area (Å²) < 4.78 is 33.6. The van der Waals surface area contributed by atoms with Crippen LogP contribution in [0.2, 0.25) is 0 Å². The number of halogens is 1. The molecule has 2 fully saturated rings. The molecule has 0 spiro atoms. The van der Waals surface area contributed by atoms with Gasteiger partial charge in [-0.2, -0.15) is 15.2 Å². The van der Waals surface area contributed by atoms with Crippen molar-refractivity contribution in [3.8, 4) is 12.1 Å². The van der Waals surface area contributed by atoms with Crippen molar-refractivity contribution in [2.75, 3.05) is 65.6 Å². The maximum atomic E-state index is 16.8. The molecule has 0 radical (unpaired) electrons. The van der Waals surface area contributed by atoms with Crippen LogP contribution in [-0.4, -0.2) is 110 Å². The Labute approximate surface area is 280 Å². The average Bonchev–Trinajstić information content (AvgIpc) is 3.46. The van der Waals surface area contributed by atoms with Crippen LogP contribution < -0.4 is 9.64 Å². The monoisotopic (exact) mass is 655 g/mol. The Bertz CT molecular complexity index is 1760. The number of benzene rings is 1. The summed E-state index contributed by atoms with van der Waals surface area (Å²) in [7, 11) is 5.29. The van der Waals surface area contributed by atoms with E-state index in [2.05, 4.69) is 28.1 Å². The van der Waals surface area contributed by atoms with Gasteiger partial charge in [0.15, 0.2) is 5.82 Å². The fraction of sp³-hybridized carbons (Fsp3) is 0.472. The van der Waals surface area contributed by atoms with Gasteiger partial charge in [-0.3, -0.25) is 14.7 Å². The predicted octanol–water partition coefficient (Wildman–Crippen LogP) is 4.25. The molecular weight excluding hydrogens is 613 g/mol. The number of hydrogen-bond acceptors (Lipinski definition) is 10. The van der Waals surface area contributed by atoms with Gasteiger partial charge < -0.3 is 24.0 Å². The maximum absolute atomic E-state index is 16.8. The number of aryl methyl sites for hydroxylation is 1. The highest BCUT2D eigenvalue weighted by Crippen LogP contribution is 2.40. The van der Waals surface area contributed by atoms with E-state index in [1.165, 1.54) is 6.08 Å². The predicted molar refractivity (Wildman–Crippen MR) is 180 cm³/mol. The molecule has 3 aromatic rings. The van der Waals surface area contributed by atoms with Gasteiger partial charge in [-0.1, -0.05) is 36.4 Å². The maximum Gasteiger partial charge on any atom is 0.319 e. The zero-order chi connectivity index (χ0) is 33.8. The van der Waals surface area contributed by atoms with Crippen LogP contribution in [0, 0.1) is 24.1 Å². The molecule has 3 aliphatic rings. The van der Waals surface area contributed by atoms with Crippen molar-refractivity contribution in [1.29, 1.82) is 5.26 Å². The first-order chi connectivity index (χ1) is 23.3. The lowest BCUT2D eigenvalue weighted by molar-refractivity contribution is -0.128. The van der Waals surface area contributed by atoms with E-state index in [-0.39, 0.29) is 41.9 Å². The summed E-state index contributed by atoms with van der Waals surface area (Å²) in [5.41, 5.74) is 3.67. The fourth-order valence-corrected chi connectivity index (χ4v) is 7.13. The third-order valence-corrected chi connectivity index (χ3v) is 9.68. The number of rotatable bonds is 10. The van der Waals surface area contributed by atoms with Crippen LogP contribution in [0.1, 0.15) is 47.6 Å². The number of likely N-dealkylation sites (tertiary alicyclic amines) is 1. The lowest BCUT2D eigenvalue weighted by atomic mass is 9.82. The third kappa shape index (κ3) is 6.76. The van der Waals surface area contributed by atoms with E-state index >= 15 is 4.39 Å². The number of carbonyl (C=O) groups excluding carboxylic acids is 1. The molecule has 1 amide bonds. The van der Waals surface area contributed by atoms with Crippen molar-refractivity contribution < 1.29 is 23.4 Å². The fourth-order valence-electron chi connectivity index (χ4n) is 7.13. The quantitative estimate of drug-likeness (QED) is 0.294. The number of allylic oxidation sites excluding steroid dienone is 1. The Morgan fingerprint density at radius 3 is 2.81 bits per heavy atom. The first kappa shape index (κ1) is 33.5. The smallest absolute Gasteiger partial charge is 0.319 e. The van der Waals surface area contributed by atoms with Gasteiger partial charge >= 0.3 is 6.01 Å². The first-order valence-corrected chi connectivity index (χ1v) is 16.4. The summed E-state index contributed by atoms with van der Waals surface area (Å²) >= 11 is 0. The van der Waals surface area contributed by atoms with Crippen molar-refractivity contribution in [2.45, 2.75) is 50.3 Å². The number of piperazine rings is 1. The van der Waals surface area contributed by atoms with Crippen LogP contribution >= 0.6 is 0 Å². The molecule has 4 atom stereocenters. The number of nitriles is 1. The van der Waals surface area contributed by atoms with E-state index < -0.39 is 11.9 Å². The molecule has 4 heterocycles. The Morgan fingerprint density at radius 2 is 2.04 bits per heavy atom. The highest BCUT2D eigenvalue weighted by Gasteiger charge is 2.34. The molecule has 252 valence electrons. The molecule has 2 saturated heterocycles. The van der Waals surface area contributed by atoms with Crippen molar-refractivity contribution >= 4 is 28.7 Å². The van der Waals surface area contributed by atoms with E-state index in [0.29, 0.717) is 56.2 Å². The van der Waals surface area contributed by atoms with Gasteiger partial charge in [0, 0.05) is 64.6 Å². The van der Waals surface area contributed by atoms with E-state index in [0.717, 1.165) is 29.7 Å². The molecule has 2 aromatic heterocycles. The van der Waals surface area contributed by atoms with Crippen molar-refractivity contribution in [3.05, 3.63) is 70.8 Å². The number of amides is 1. The topological polar surface area (TPSA) is 117 Å². The van der Waals surface area contributed by atoms with Gasteiger partial charge in [0.2, 0.25) is 5.91 Å². The normalized spacial score (nSPS) is 22.8. The molecule has 6 rings (SSSR count). The molecule has 1 unspecified atom stereocenters. The molecular formula is C36H42FN7O4. The second-order valence-electron chi connectivity index (χ2n) is 12.7. The summed E-state index contributed by atoms with van der Waals surface area (Å²) in [5, 5.41) is 10.1.